The van der Waals surface area contributed by atoms with Crippen LogP contribution in [0.25, 0.3) is 0 Å². The van der Waals surface area contributed by atoms with Crippen molar-refractivity contribution in [3.63, 3.8) is 0 Å². The van der Waals surface area contributed by atoms with E-state index in [9.17, 15) is 0 Å². The second-order valence-corrected chi connectivity index (χ2v) is 10.7. The Balaban J connectivity index is 1.80. The van der Waals surface area contributed by atoms with Gasteiger partial charge in [0, 0.05) is 0 Å². The highest BCUT2D eigenvalue weighted by Crippen LogP contribution is 2.65. The van der Waals surface area contributed by atoms with Crippen LogP contribution in [-0.4, -0.2) is 0 Å². The smallest absolute Gasteiger partial charge is 0.0264 e. The fraction of sp³-hybridized carbons (Fsp3) is 1.00. The van der Waals surface area contributed by atoms with Crippen LogP contribution in [0.15, 0.2) is 0 Å². The lowest BCUT2D eigenvalue weighted by Gasteiger charge is -2.56. The molecule has 3 fully saturated rings. The van der Waals surface area contributed by atoms with E-state index in [0.29, 0.717) is 10.8 Å². The predicted octanol–water partition coefficient (Wildman–Crippen LogP) is 7.72. The lowest BCUT2D eigenvalue weighted by molar-refractivity contribution is -0.0638. The van der Waals surface area contributed by atoms with E-state index >= 15 is 0 Å². The Kier molecular flexibility index (Phi) is 5.44. The zero-order valence-electron chi connectivity index (χ0n) is 17.5. The number of fused-ring (bicyclic) bond motifs is 1. The van der Waals surface area contributed by atoms with Gasteiger partial charge in [0.25, 0.3) is 0 Å². The molecule has 0 nitrogen and oxygen atoms in total. The molecule has 0 saturated heterocycles. The summed E-state index contributed by atoms with van der Waals surface area (Å²) in [5, 5.41) is 0. The molecule has 0 bridgehead atoms. The first-order valence-corrected chi connectivity index (χ1v) is 11.4. The normalized spacial score (nSPS) is 50.5. The first-order chi connectivity index (χ1) is 11.4. The molecule has 6 unspecified atom stereocenters. The Labute approximate surface area is 152 Å². The van der Waals surface area contributed by atoms with E-state index in [1.54, 1.807) is 0 Å². The third kappa shape index (κ3) is 2.99. The molecule has 6 atom stereocenters. The van der Waals surface area contributed by atoms with Crippen molar-refractivity contribution in [3.8, 4) is 0 Å². The van der Waals surface area contributed by atoms with Gasteiger partial charge in [-0.05, 0) is 84.9 Å². The van der Waals surface area contributed by atoms with Gasteiger partial charge in [-0.2, -0.15) is 0 Å². The molecule has 0 heteroatoms. The van der Waals surface area contributed by atoms with Gasteiger partial charge in [0.2, 0.25) is 0 Å². The highest BCUT2D eigenvalue weighted by molar-refractivity contribution is 5.06. The third-order valence-electron chi connectivity index (χ3n) is 9.62. The molecule has 0 radical (unpaired) electrons. The highest BCUT2D eigenvalue weighted by Gasteiger charge is 2.56. The van der Waals surface area contributed by atoms with E-state index in [1.165, 1.54) is 64.2 Å². The zero-order chi connectivity index (χ0) is 17.5. The number of hydrogen-bond acceptors (Lipinski definition) is 0. The van der Waals surface area contributed by atoms with Crippen LogP contribution in [0.4, 0.5) is 0 Å². The van der Waals surface area contributed by atoms with Crippen LogP contribution in [0.2, 0.25) is 0 Å². The molecule has 0 spiro atoms. The average Bonchev–Trinajstić information content (AvgIpc) is 2.93. The highest BCUT2D eigenvalue weighted by atomic mass is 14.6. The number of hydrogen-bond donors (Lipinski definition) is 0. The molecule has 0 aromatic carbocycles. The summed E-state index contributed by atoms with van der Waals surface area (Å²) in [7, 11) is 0. The summed E-state index contributed by atoms with van der Waals surface area (Å²) in [5.41, 5.74) is 1.31. The lowest BCUT2D eigenvalue weighted by atomic mass is 9.49. The minimum atomic E-state index is 0.656. The standard InChI is InChI=1S/C24H44/c1-7-18(4)20-9-10-22-19(8-2)21(13-16-24(20,22)6)23(5)14-11-17(3)12-15-23/h17-22H,7-16H2,1-6H3. The van der Waals surface area contributed by atoms with Crippen LogP contribution >= 0.6 is 0 Å². The van der Waals surface area contributed by atoms with Gasteiger partial charge >= 0.3 is 0 Å². The molecular weight excluding hydrogens is 288 g/mol. The fourth-order valence-electron chi connectivity index (χ4n) is 7.77. The van der Waals surface area contributed by atoms with E-state index in [1.807, 2.05) is 0 Å². The van der Waals surface area contributed by atoms with E-state index in [0.717, 1.165) is 35.5 Å². The molecule has 0 amide bonds. The third-order valence-corrected chi connectivity index (χ3v) is 9.62. The maximum Gasteiger partial charge on any atom is -0.0264 e. The van der Waals surface area contributed by atoms with Gasteiger partial charge in [0.1, 0.15) is 0 Å². The van der Waals surface area contributed by atoms with Crippen LogP contribution in [0.1, 0.15) is 106 Å². The molecule has 3 saturated carbocycles. The molecular formula is C24H44. The lowest BCUT2D eigenvalue weighted by Crippen LogP contribution is -2.48. The quantitative estimate of drug-likeness (QED) is 0.494. The van der Waals surface area contributed by atoms with Crippen molar-refractivity contribution in [2.75, 3.05) is 0 Å². The molecule has 3 rings (SSSR count). The second-order valence-electron chi connectivity index (χ2n) is 10.7. The van der Waals surface area contributed by atoms with Gasteiger partial charge < -0.3 is 0 Å². The summed E-state index contributed by atoms with van der Waals surface area (Å²) >= 11 is 0. The molecule has 0 aliphatic heterocycles. The van der Waals surface area contributed by atoms with Gasteiger partial charge in [-0.25, -0.2) is 0 Å². The topological polar surface area (TPSA) is 0 Å². The first kappa shape index (κ1) is 18.8. The maximum absolute atomic E-state index is 2.70. The predicted molar refractivity (Wildman–Crippen MR) is 106 cm³/mol. The summed E-state index contributed by atoms with van der Waals surface area (Å²) in [4.78, 5) is 0. The van der Waals surface area contributed by atoms with E-state index < -0.39 is 0 Å². The molecule has 0 aromatic heterocycles. The van der Waals surface area contributed by atoms with Gasteiger partial charge in [-0.15, -0.1) is 0 Å². The summed E-state index contributed by atoms with van der Waals surface area (Å²) in [6.45, 7) is 15.3. The summed E-state index contributed by atoms with van der Waals surface area (Å²) in [6, 6.07) is 0. The minimum absolute atomic E-state index is 0.656. The second kappa shape index (κ2) is 6.96. The average molecular weight is 333 g/mol. The monoisotopic (exact) mass is 332 g/mol. The van der Waals surface area contributed by atoms with Crippen LogP contribution in [0, 0.1) is 46.3 Å². The number of rotatable bonds is 4. The van der Waals surface area contributed by atoms with Crippen molar-refractivity contribution < 1.29 is 0 Å². The molecule has 0 heterocycles. The van der Waals surface area contributed by atoms with Gasteiger partial charge in [0.05, 0.1) is 0 Å². The van der Waals surface area contributed by atoms with Crippen LogP contribution in [0.5, 0.6) is 0 Å². The van der Waals surface area contributed by atoms with Crippen LogP contribution in [0.3, 0.4) is 0 Å². The van der Waals surface area contributed by atoms with Crippen molar-refractivity contribution in [2.45, 2.75) is 106 Å². The first-order valence-electron chi connectivity index (χ1n) is 11.4. The molecule has 0 aromatic rings. The van der Waals surface area contributed by atoms with Crippen molar-refractivity contribution in [3.05, 3.63) is 0 Å². The summed E-state index contributed by atoms with van der Waals surface area (Å²) in [5.74, 6) is 5.96. The SMILES string of the molecule is CCC(C)C1CCC2C(CC)C(C3(C)CCC(C)CC3)CCC12C. The minimum Gasteiger partial charge on any atom is -0.0651 e. The fourth-order valence-corrected chi connectivity index (χ4v) is 7.77. The van der Waals surface area contributed by atoms with Crippen LogP contribution in [-0.2, 0) is 0 Å². The Bertz CT molecular complexity index is 416. The van der Waals surface area contributed by atoms with E-state index in [4.69, 9.17) is 0 Å². The van der Waals surface area contributed by atoms with Crippen LogP contribution < -0.4 is 0 Å². The Morgan fingerprint density at radius 2 is 1.54 bits per heavy atom. The van der Waals surface area contributed by atoms with Crippen molar-refractivity contribution in [1.82, 2.24) is 0 Å². The summed E-state index contributed by atoms with van der Waals surface area (Å²) in [6.07, 6.45) is 14.9. The van der Waals surface area contributed by atoms with Crippen molar-refractivity contribution >= 4 is 0 Å². The Morgan fingerprint density at radius 3 is 2.12 bits per heavy atom. The zero-order valence-corrected chi connectivity index (χ0v) is 17.5. The van der Waals surface area contributed by atoms with E-state index in [-0.39, 0.29) is 0 Å². The molecule has 3 aliphatic carbocycles. The van der Waals surface area contributed by atoms with Crippen molar-refractivity contribution in [1.29, 1.82) is 0 Å². The molecule has 140 valence electrons. The molecule has 0 N–H and O–H groups in total. The molecule has 24 heavy (non-hydrogen) atoms. The Morgan fingerprint density at radius 1 is 0.875 bits per heavy atom. The maximum atomic E-state index is 2.70. The largest absolute Gasteiger partial charge is 0.0651 e. The van der Waals surface area contributed by atoms with Gasteiger partial charge in [-0.3, -0.25) is 0 Å². The summed E-state index contributed by atoms with van der Waals surface area (Å²) < 4.78 is 0. The molecule has 3 aliphatic rings. The van der Waals surface area contributed by atoms with Gasteiger partial charge in [0.15, 0.2) is 0 Å². The van der Waals surface area contributed by atoms with Crippen molar-refractivity contribution in [2.24, 2.45) is 46.3 Å². The Hall–Kier alpha value is 0. The van der Waals surface area contributed by atoms with E-state index in [2.05, 4.69) is 41.5 Å². The van der Waals surface area contributed by atoms with Gasteiger partial charge in [-0.1, -0.05) is 67.2 Å².